The van der Waals surface area contributed by atoms with E-state index < -0.39 is 17.8 Å². The zero-order valence-electron chi connectivity index (χ0n) is 29.3. The predicted octanol–water partition coefficient (Wildman–Crippen LogP) is 1.14. The summed E-state index contributed by atoms with van der Waals surface area (Å²) >= 11 is 0. The van der Waals surface area contributed by atoms with Gasteiger partial charge in [-0.3, -0.25) is 4.90 Å². The minimum atomic E-state index is -4.60. The van der Waals surface area contributed by atoms with Crippen LogP contribution in [-0.2, 0) is 15.7 Å². The van der Waals surface area contributed by atoms with E-state index >= 15 is 0 Å². The van der Waals surface area contributed by atoms with E-state index in [2.05, 4.69) is 43.6 Å². The molecule has 5 heterocycles. The molecule has 1 aliphatic heterocycles. The molecule has 16 heteroatoms. The van der Waals surface area contributed by atoms with Gasteiger partial charge in [-0.2, -0.15) is 13.2 Å². The van der Waals surface area contributed by atoms with Crippen molar-refractivity contribution in [2.24, 2.45) is 5.41 Å². The molecule has 2 fully saturated rings. The molecule has 0 aromatic carbocycles. The summed E-state index contributed by atoms with van der Waals surface area (Å²) in [6.45, 7) is 9.77. The van der Waals surface area contributed by atoms with Gasteiger partial charge in [0, 0.05) is 81.5 Å². The molecule has 6 rings (SSSR count). The van der Waals surface area contributed by atoms with Crippen molar-refractivity contribution in [3.63, 3.8) is 0 Å². The van der Waals surface area contributed by atoms with Crippen LogP contribution in [0.1, 0.15) is 57.3 Å². The topological polar surface area (TPSA) is 139 Å². The first kappa shape index (κ1) is 37.9. The molecular weight excluding hydrogens is 662 g/mol. The zero-order valence-corrected chi connectivity index (χ0v) is 31.3. The van der Waals surface area contributed by atoms with Crippen molar-refractivity contribution in [2.45, 2.75) is 58.2 Å². The van der Waals surface area contributed by atoms with Crippen LogP contribution in [0.3, 0.4) is 0 Å². The van der Waals surface area contributed by atoms with Crippen LogP contribution >= 0.6 is 0 Å². The number of fused-ring (bicyclic) bond motifs is 1. The minimum absolute atomic E-state index is 0. The number of carbonyl (C=O) groups is 1. The number of carbonyl (C=O) groups excluding carboxylic acids is 1. The van der Waals surface area contributed by atoms with Crippen LogP contribution in [0.25, 0.3) is 33.9 Å². The summed E-state index contributed by atoms with van der Waals surface area (Å²) in [7, 11) is 3.58. The Morgan fingerprint density at radius 2 is 1.84 bits per heavy atom. The average Bonchev–Trinajstić information content (AvgIpc) is 3.81. The summed E-state index contributed by atoms with van der Waals surface area (Å²) < 4.78 is 47.3. The largest absolute Gasteiger partial charge is 1.00 e. The normalized spacial score (nSPS) is 17.2. The SMILES string of the molecule is COCC(C)(C)CN(C)c1cc(-c2cc(C3CC3)nc(C(F)(F)F)c2)nc2nc(-c3cnc(N4CCN(CCC(=O)[O-])[C@H](C)C4)cn3)[nH]c12.[Na+]. The van der Waals surface area contributed by atoms with Crippen molar-refractivity contribution in [2.75, 3.05) is 63.3 Å². The molecule has 4 aromatic rings. The molecule has 50 heavy (non-hydrogen) atoms. The standard InChI is InChI=1S/C34H42F3N9O3.Na/c1-20-17-46(11-10-45(20)9-8-29(47)48)28-16-38-25(15-39-28)31-42-30-26(44(4)18-33(2,3)19-49-5)14-24(41-32(30)43-31)22-12-23(21-6-7-21)40-27(13-22)34(35,36)37;/h12-16,20-21H,6-11,17-19H2,1-5H3,(H,47,48)(H,41,42,43);/q;+1/p-1/t20-;/m1./s1. The molecule has 0 spiro atoms. The molecule has 0 radical (unpaired) electrons. The Hall–Kier alpha value is -3.37. The second kappa shape index (κ2) is 15.1. The van der Waals surface area contributed by atoms with E-state index in [1.54, 1.807) is 31.6 Å². The third kappa shape index (κ3) is 8.73. The molecule has 1 saturated heterocycles. The molecule has 0 bridgehead atoms. The number of nitrogens with one attached hydrogen (secondary N) is 1. The molecule has 1 N–H and O–H groups in total. The Morgan fingerprint density at radius 1 is 1.08 bits per heavy atom. The maximum absolute atomic E-state index is 13.9. The number of hydrogen-bond acceptors (Lipinski definition) is 11. The fourth-order valence-corrected chi connectivity index (χ4v) is 6.52. The second-order valence-corrected chi connectivity index (χ2v) is 13.9. The van der Waals surface area contributed by atoms with Gasteiger partial charge in [0.15, 0.2) is 11.5 Å². The van der Waals surface area contributed by atoms with Crippen LogP contribution in [0.5, 0.6) is 0 Å². The van der Waals surface area contributed by atoms with E-state index in [4.69, 9.17) is 14.7 Å². The molecule has 2 aliphatic rings. The van der Waals surface area contributed by atoms with E-state index in [1.807, 2.05) is 18.9 Å². The van der Waals surface area contributed by atoms with Crippen LogP contribution in [0.2, 0.25) is 0 Å². The molecule has 0 unspecified atom stereocenters. The fourth-order valence-electron chi connectivity index (χ4n) is 6.52. The summed E-state index contributed by atoms with van der Waals surface area (Å²) in [5.74, 6) is 0.0748. The van der Waals surface area contributed by atoms with Crippen molar-refractivity contribution in [1.82, 2.24) is 34.8 Å². The summed E-state index contributed by atoms with van der Waals surface area (Å²) in [4.78, 5) is 43.3. The predicted molar refractivity (Wildman–Crippen MR) is 177 cm³/mol. The van der Waals surface area contributed by atoms with Gasteiger partial charge < -0.3 is 29.4 Å². The number of aromatic amines is 1. The minimum Gasteiger partial charge on any atom is -0.550 e. The monoisotopic (exact) mass is 703 g/mol. The summed E-state index contributed by atoms with van der Waals surface area (Å²) in [6.07, 6.45) is 0.332. The van der Waals surface area contributed by atoms with Crippen LogP contribution < -0.4 is 44.5 Å². The van der Waals surface area contributed by atoms with Crippen LogP contribution in [0.15, 0.2) is 30.6 Å². The molecule has 0 amide bonds. The number of pyridine rings is 2. The number of halogens is 3. The Bertz CT molecular complexity index is 1820. The van der Waals surface area contributed by atoms with Crippen molar-refractivity contribution in [1.29, 1.82) is 0 Å². The van der Waals surface area contributed by atoms with Gasteiger partial charge in [-0.05, 0) is 44.4 Å². The number of carboxylic acids is 1. The number of nitrogens with zero attached hydrogens (tertiary/aromatic N) is 8. The number of aliphatic carboxylic acids is 1. The number of alkyl halides is 3. The van der Waals surface area contributed by atoms with Gasteiger partial charge >= 0.3 is 35.7 Å². The van der Waals surface area contributed by atoms with Gasteiger partial charge in [0.2, 0.25) is 0 Å². The Balaban J connectivity index is 0.00000486. The molecule has 1 atom stereocenters. The first-order valence-electron chi connectivity index (χ1n) is 16.4. The number of anilines is 2. The van der Waals surface area contributed by atoms with Crippen molar-refractivity contribution < 1.29 is 57.4 Å². The van der Waals surface area contributed by atoms with Crippen molar-refractivity contribution in [3.8, 4) is 22.8 Å². The molecule has 4 aromatic heterocycles. The molecule has 262 valence electrons. The van der Waals surface area contributed by atoms with Gasteiger partial charge in [0.1, 0.15) is 22.7 Å². The number of imidazole rings is 1. The van der Waals surface area contributed by atoms with Gasteiger partial charge in [-0.15, -0.1) is 0 Å². The van der Waals surface area contributed by atoms with Gasteiger partial charge in [-0.1, -0.05) is 13.8 Å². The number of ether oxygens (including phenoxy) is 1. The maximum atomic E-state index is 13.9. The molecule has 1 saturated carbocycles. The smallest absolute Gasteiger partial charge is 0.550 e. The number of rotatable bonds is 12. The van der Waals surface area contributed by atoms with Crippen LogP contribution in [0, 0.1) is 5.41 Å². The summed E-state index contributed by atoms with van der Waals surface area (Å²) in [5, 5.41) is 10.9. The Morgan fingerprint density at radius 3 is 2.46 bits per heavy atom. The second-order valence-electron chi connectivity index (χ2n) is 13.9. The molecule has 12 nitrogen and oxygen atoms in total. The van der Waals surface area contributed by atoms with Crippen LogP contribution in [-0.4, -0.2) is 100 Å². The maximum Gasteiger partial charge on any atom is 1.00 e. The molecular formula is C34H41F3N9NaO3. The average molecular weight is 704 g/mol. The number of carboxylic acid groups (broad SMARTS) is 1. The molecule has 1 aliphatic carbocycles. The van der Waals surface area contributed by atoms with Gasteiger partial charge in [0.05, 0.1) is 30.4 Å². The van der Waals surface area contributed by atoms with E-state index in [9.17, 15) is 23.1 Å². The fraction of sp³-hybridized carbons (Fsp3) is 0.529. The third-order valence-electron chi connectivity index (χ3n) is 9.05. The number of methoxy groups -OCH3 is 1. The van der Waals surface area contributed by atoms with E-state index in [1.165, 1.54) is 0 Å². The number of piperazine rings is 1. The van der Waals surface area contributed by atoms with Crippen LogP contribution in [0.4, 0.5) is 24.7 Å². The van der Waals surface area contributed by atoms with E-state index in [0.717, 1.165) is 24.6 Å². The van der Waals surface area contributed by atoms with E-state index in [-0.39, 0.29) is 53.4 Å². The Kier molecular flexibility index (Phi) is 11.4. The first-order chi connectivity index (χ1) is 23.2. The first-order valence-corrected chi connectivity index (χ1v) is 16.4. The summed E-state index contributed by atoms with van der Waals surface area (Å²) in [5.41, 5.74) is 2.11. The quantitative estimate of drug-likeness (QED) is 0.213. The zero-order chi connectivity index (χ0) is 35.1. The number of aromatic nitrogens is 6. The third-order valence-corrected chi connectivity index (χ3v) is 9.05. The number of hydrogen-bond donors (Lipinski definition) is 1. The number of H-pyrrole nitrogens is 1. The van der Waals surface area contributed by atoms with E-state index in [0.29, 0.717) is 84.8 Å². The van der Waals surface area contributed by atoms with Crippen molar-refractivity contribution >= 4 is 28.6 Å². The van der Waals surface area contributed by atoms with Gasteiger partial charge in [0.25, 0.3) is 0 Å². The van der Waals surface area contributed by atoms with Crippen molar-refractivity contribution in [3.05, 3.63) is 42.0 Å². The Labute approximate surface area is 311 Å². The summed E-state index contributed by atoms with van der Waals surface area (Å²) in [6, 6.07) is 4.69. The van der Waals surface area contributed by atoms with Gasteiger partial charge in [-0.25, -0.2) is 24.9 Å².